The summed E-state index contributed by atoms with van der Waals surface area (Å²) in [5, 5.41) is 66.3. The third-order valence-corrected chi connectivity index (χ3v) is 5.40. The second-order valence-electron chi connectivity index (χ2n) is 7.94. The largest absolute Gasteiger partial charge is 0.504 e. The molecule has 0 radical (unpaired) electrons. The van der Waals surface area contributed by atoms with Gasteiger partial charge >= 0.3 is 0 Å². The van der Waals surface area contributed by atoms with Crippen LogP contribution in [0, 0.1) is 0 Å². The van der Waals surface area contributed by atoms with Crippen LogP contribution in [-0.2, 0) is 0 Å². The van der Waals surface area contributed by atoms with Gasteiger partial charge in [0.05, 0.1) is 16.7 Å². The molecule has 12 heteroatoms. The van der Waals surface area contributed by atoms with Crippen molar-refractivity contribution < 1.29 is 45.0 Å². The first kappa shape index (κ1) is 26.5. The molecule has 0 aliphatic carbocycles. The molecule has 37 heavy (non-hydrogen) atoms. The van der Waals surface area contributed by atoms with Gasteiger partial charge in [0.2, 0.25) is 0 Å². The number of carbonyl (C=O) groups is 3. The van der Waals surface area contributed by atoms with E-state index in [1.807, 2.05) is 0 Å². The lowest BCUT2D eigenvalue weighted by atomic mass is 10.1. The molecule has 3 aromatic carbocycles. The molecule has 3 aromatic rings. The molecule has 0 aliphatic rings. The maximum Gasteiger partial charge on any atom is 0.255 e. The molecular formula is C25H25N3O9. The Morgan fingerprint density at radius 3 is 1.46 bits per heavy atom. The zero-order valence-electron chi connectivity index (χ0n) is 19.3. The van der Waals surface area contributed by atoms with Crippen molar-refractivity contribution in [2.24, 2.45) is 0 Å². The van der Waals surface area contributed by atoms with Crippen molar-refractivity contribution in [2.45, 2.75) is 12.5 Å². The summed E-state index contributed by atoms with van der Waals surface area (Å²) in [5.74, 6) is -5.54. The van der Waals surface area contributed by atoms with Crippen LogP contribution < -0.4 is 16.0 Å². The number of amides is 3. The van der Waals surface area contributed by atoms with Crippen molar-refractivity contribution in [1.82, 2.24) is 16.0 Å². The van der Waals surface area contributed by atoms with E-state index in [4.69, 9.17) is 0 Å². The molecule has 3 rings (SSSR count). The smallest absolute Gasteiger partial charge is 0.255 e. The molecule has 0 aromatic heterocycles. The third kappa shape index (κ3) is 6.31. The average Bonchev–Trinajstić information content (AvgIpc) is 2.87. The summed E-state index contributed by atoms with van der Waals surface area (Å²) in [5.41, 5.74) is -0.600. The molecule has 0 spiro atoms. The Morgan fingerprint density at radius 2 is 1.00 bits per heavy atom. The number of hydrogen-bond donors (Lipinski definition) is 9. The van der Waals surface area contributed by atoms with Crippen molar-refractivity contribution in [3.63, 3.8) is 0 Å². The highest BCUT2D eigenvalue weighted by atomic mass is 16.3. The van der Waals surface area contributed by atoms with E-state index in [0.717, 1.165) is 0 Å². The Kier molecular flexibility index (Phi) is 8.25. The van der Waals surface area contributed by atoms with Crippen LogP contribution in [0.3, 0.4) is 0 Å². The lowest BCUT2D eigenvalue weighted by Gasteiger charge is -2.20. The van der Waals surface area contributed by atoms with Gasteiger partial charge in [-0.1, -0.05) is 18.2 Å². The molecule has 1 unspecified atom stereocenters. The number of rotatable bonds is 9. The third-order valence-electron chi connectivity index (χ3n) is 5.40. The Morgan fingerprint density at radius 1 is 0.595 bits per heavy atom. The number of carbonyl (C=O) groups excluding carboxylic acids is 3. The number of nitrogens with one attached hydrogen (secondary N) is 3. The molecule has 12 nitrogen and oxygen atoms in total. The molecule has 3 amide bonds. The van der Waals surface area contributed by atoms with E-state index in [1.165, 1.54) is 54.6 Å². The fraction of sp³-hybridized carbons (Fsp3) is 0.160. The van der Waals surface area contributed by atoms with Gasteiger partial charge in [0, 0.05) is 19.1 Å². The van der Waals surface area contributed by atoms with Gasteiger partial charge in [-0.3, -0.25) is 14.4 Å². The molecule has 0 saturated carbocycles. The van der Waals surface area contributed by atoms with E-state index < -0.39 is 58.3 Å². The van der Waals surface area contributed by atoms with E-state index >= 15 is 0 Å². The van der Waals surface area contributed by atoms with Gasteiger partial charge in [-0.05, 0) is 42.8 Å². The molecule has 1 atom stereocenters. The first-order valence-electron chi connectivity index (χ1n) is 11.0. The summed E-state index contributed by atoms with van der Waals surface area (Å²) >= 11 is 0. The van der Waals surface area contributed by atoms with Crippen LogP contribution in [0.5, 0.6) is 34.5 Å². The lowest BCUT2D eigenvalue weighted by molar-refractivity contribution is 0.0899. The first-order valence-corrected chi connectivity index (χ1v) is 11.0. The molecule has 9 N–H and O–H groups in total. The molecule has 0 bridgehead atoms. The number of phenols is 6. The Hall–Kier alpha value is -5.13. The Labute approximate surface area is 210 Å². The highest BCUT2D eigenvalue weighted by Crippen LogP contribution is 2.29. The second-order valence-corrected chi connectivity index (χ2v) is 7.94. The number of phenolic OH excluding ortho intramolecular Hbond substituents is 6. The fourth-order valence-electron chi connectivity index (χ4n) is 3.40. The molecule has 0 fully saturated rings. The van der Waals surface area contributed by atoms with Crippen LogP contribution in [-0.4, -0.2) is 67.5 Å². The maximum absolute atomic E-state index is 12.7. The predicted octanol–water partition coefficient (Wildman–Crippen LogP) is 1.27. The summed E-state index contributed by atoms with van der Waals surface area (Å²) < 4.78 is 0. The maximum atomic E-state index is 12.7. The monoisotopic (exact) mass is 511 g/mol. The Bertz CT molecular complexity index is 1330. The minimum absolute atomic E-state index is 0.0435. The summed E-state index contributed by atoms with van der Waals surface area (Å²) in [4.78, 5) is 37.6. The summed E-state index contributed by atoms with van der Waals surface area (Å²) in [7, 11) is 0. The van der Waals surface area contributed by atoms with Crippen LogP contribution in [0.2, 0.25) is 0 Å². The van der Waals surface area contributed by atoms with Gasteiger partial charge in [-0.25, -0.2) is 0 Å². The van der Waals surface area contributed by atoms with E-state index in [9.17, 15) is 45.0 Å². The van der Waals surface area contributed by atoms with Gasteiger partial charge in [0.15, 0.2) is 34.5 Å². The molecular weight excluding hydrogens is 486 g/mol. The van der Waals surface area contributed by atoms with E-state index in [1.54, 1.807) is 0 Å². The molecule has 194 valence electrons. The highest BCUT2D eigenvalue weighted by molar-refractivity contribution is 5.99. The lowest BCUT2D eigenvalue weighted by Crippen LogP contribution is -2.45. The SMILES string of the molecule is O=C(NCCC(CNC(=O)c1cccc(O)c1O)NC(=O)c1cccc(O)c1O)c1cccc(O)c1O. The average molecular weight is 511 g/mol. The van der Waals surface area contributed by atoms with E-state index in [-0.39, 0.29) is 36.2 Å². The van der Waals surface area contributed by atoms with Crippen molar-refractivity contribution in [2.75, 3.05) is 13.1 Å². The van der Waals surface area contributed by atoms with Crippen LogP contribution in [0.4, 0.5) is 0 Å². The van der Waals surface area contributed by atoms with Crippen LogP contribution in [0.15, 0.2) is 54.6 Å². The van der Waals surface area contributed by atoms with Gasteiger partial charge in [0.1, 0.15) is 0 Å². The standard InChI is InChI=1S/C25H25N3O9/c29-17-7-1-4-14(20(17)32)23(35)26-11-10-13(28-25(37)16-6-3-9-19(31)22(16)34)12-27-24(36)15-5-2-8-18(30)21(15)33/h1-9,13,29-34H,10-12H2,(H,26,35)(H,27,36)(H,28,37). The van der Waals surface area contributed by atoms with E-state index in [0.29, 0.717) is 0 Å². The highest BCUT2D eigenvalue weighted by Gasteiger charge is 2.21. The van der Waals surface area contributed by atoms with Crippen molar-refractivity contribution >= 4 is 17.7 Å². The number of para-hydroxylation sites is 3. The zero-order valence-corrected chi connectivity index (χ0v) is 19.3. The quantitative estimate of drug-likeness (QED) is 0.189. The van der Waals surface area contributed by atoms with Crippen LogP contribution in [0.25, 0.3) is 0 Å². The minimum Gasteiger partial charge on any atom is -0.504 e. The van der Waals surface area contributed by atoms with Crippen molar-refractivity contribution in [1.29, 1.82) is 0 Å². The normalized spacial score (nSPS) is 11.4. The molecule has 0 aliphatic heterocycles. The van der Waals surface area contributed by atoms with Gasteiger partial charge in [0.25, 0.3) is 17.7 Å². The number of hydrogen-bond acceptors (Lipinski definition) is 9. The molecule has 0 heterocycles. The molecule has 0 saturated heterocycles. The fourth-order valence-corrected chi connectivity index (χ4v) is 3.40. The van der Waals surface area contributed by atoms with E-state index in [2.05, 4.69) is 16.0 Å². The summed E-state index contributed by atoms with van der Waals surface area (Å²) in [6.07, 6.45) is 0.0585. The number of benzene rings is 3. The number of aromatic hydroxyl groups is 6. The van der Waals surface area contributed by atoms with Crippen LogP contribution in [0.1, 0.15) is 37.5 Å². The zero-order chi connectivity index (χ0) is 27.1. The van der Waals surface area contributed by atoms with Gasteiger partial charge in [-0.2, -0.15) is 0 Å². The van der Waals surface area contributed by atoms with Crippen molar-refractivity contribution in [3.8, 4) is 34.5 Å². The predicted molar refractivity (Wildman–Crippen MR) is 130 cm³/mol. The van der Waals surface area contributed by atoms with Crippen LogP contribution >= 0.6 is 0 Å². The minimum atomic E-state index is -0.823. The Balaban J connectivity index is 1.71. The van der Waals surface area contributed by atoms with Gasteiger partial charge < -0.3 is 46.6 Å². The van der Waals surface area contributed by atoms with Crippen molar-refractivity contribution in [3.05, 3.63) is 71.3 Å². The topological polar surface area (TPSA) is 209 Å². The second kappa shape index (κ2) is 11.5. The summed E-state index contributed by atoms with van der Waals surface area (Å²) in [6.45, 7) is -0.232. The first-order chi connectivity index (χ1) is 17.6. The van der Waals surface area contributed by atoms with Gasteiger partial charge in [-0.15, -0.1) is 0 Å². The summed E-state index contributed by atoms with van der Waals surface area (Å²) in [6, 6.07) is 10.7.